The first-order chi connectivity index (χ1) is 11.8. The van der Waals surface area contributed by atoms with Gasteiger partial charge in [0.15, 0.2) is 0 Å². The molecule has 0 aliphatic rings. The topological polar surface area (TPSA) is 47.2 Å². The van der Waals surface area contributed by atoms with Gasteiger partial charge in [-0.15, -0.1) is 0 Å². The number of benzene rings is 2. The van der Waals surface area contributed by atoms with Gasteiger partial charge in [0, 0.05) is 6.20 Å². The molecule has 0 aliphatic carbocycles. The van der Waals surface area contributed by atoms with Crippen LogP contribution >= 0.6 is 0 Å². The Bertz CT molecular complexity index is 862. The van der Waals surface area contributed by atoms with E-state index in [0.29, 0.717) is 13.1 Å². The van der Waals surface area contributed by atoms with Crippen LogP contribution in [0.4, 0.5) is 0 Å². The van der Waals surface area contributed by atoms with Gasteiger partial charge >= 0.3 is 5.69 Å². The van der Waals surface area contributed by atoms with Gasteiger partial charge in [0.1, 0.15) is 0 Å². The molecule has 1 aromatic heterocycles. The van der Waals surface area contributed by atoms with Crippen LogP contribution in [0.3, 0.4) is 0 Å². The molecule has 0 amide bonds. The molecule has 0 spiro atoms. The van der Waals surface area contributed by atoms with Crippen molar-refractivity contribution in [2.24, 2.45) is 0 Å². The summed E-state index contributed by atoms with van der Waals surface area (Å²) in [7, 11) is 0. The standard InChI is InChI=1S/C20H20N2O2/c23-13-7-12-19-16-21(14-17-8-3-1-4-9-17)20(24)22(19)15-18-10-5-2-6-11-18/h1-12,16,23H,13-15H2/b12-7+. The summed E-state index contributed by atoms with van der Waals surface area (Å²) in [5.41, 5.74) is 2.87. The lowest BCUT2D eigenvalue weighted by molar-refractivity contribution is 0.343. The third kappa shape index (κ3) is 3.73. The van der Waals surface area contributed by atoms with Crippen LogP contribution in [-0.2, 0) is 13.1 Å². The molecule has 3 rings (SSSR count). The molecule has 0 fully saturated rings. The molecular weight excluding hydrogens is 300 g/mol. The molecule has 0 saturated carbocycles. The van der Waals surface area contributed by atoms with E-state index in [4.69, 9.17) is 5.11 Å². The van der Waals surface area contributed by atoms with Crippen LogP contribution in [0.5, 0.6) is 0 Å². The van der Waals surface area contributed by atoms with Gasteiger partial charge in [-0.2, -0.15) is 0 Å². The smallest absolute Gasteiger partial charge is 0.329 e. The van der Waals surface area contributed by atoms with E-state index in [1.807, 2.05) is 66.9 Å². The van der Waals surface area contributed by atoms with Crippen molar-refractivity contribution in [1.29, 1.82) is 0 Å². The number of nitrogens with zero attached hydrogens (tertiary/aromatic N) is 2. The molecule has 122 valence electrons. The summed E-state index contributed by atoms with van der Waals surface area (Å²) in [5.74, 6) is 0. The predicted molar refractivity (Wildman–Crippen MR) is 95.9 cm³/mol. The highest BCUT2D eigenvalue weighted by molar-refractivity contribution is 5.44. The van der Waals surface area contributed by atoms with Crippen molar-refractivity contribution in [2.75, 3.05) is 6.61 Å². The van der Waals surface area contributed by atoms with Gasteiger partial charge in [-0.25, -0.2) is 4.79 Å². The predicted octanol–water partition coefficient (Wildman–Crippen LogP) is 2.75. The summed E-state index contributed by atoms with van der Waals surface area (Å²) in [6.07, 6.45) is 5.26. The maximum atomic E-state index is 12.8. The zero-order valence-electron chi connectivity index (χ0n) is 13.4. The highest BCUT2D eigenvalue weighted by Gasteiger charge is 2.10. The van der Waals surface area contributed by atoms with Crippen molar-refractivity contribution in [3.05, 3.63) is 100 Å². The highest BCUT2D eigenvalue weighted by atomic mass is 16.2. The summed E-state index contributed by atoms with van der Waals surface area (Å²) in [4.78, 5) is 12.8. The first-order valence-corrected chi connectivity index (χ1v) is 7.93. The maximum absolute atomic E-state index is 12.8. The maximum Gasteiger partial charge on any atom is 0.329 e. The molecule has 0 radical (unpaired) electrons. The fourth-order valence-electron chi connectivity index (χ4n) is 2.67. The second-order valence-corrected chi connectivity index (χ2v) is 5.61. The molecule has 1 N–H and O–H groups in total. The van der Waals surface area contributed by atoms with Gasteiger partial charge in [0.25, 0.3) is 0 Å². The average Bonchev–Trinajstić information content (AvgIpc) is 2.91. The van der Waals surface area contributed by atoms with E-state index in [1.54, 1.807) is 21.3 Å². The van der Waals surface area contributed by atoms with Gasteiger partial charge in [-0.05, 0) is 17.2 Å². The highest BCUT2D eigenvalue weighted by Crippen LogP contribution is 2.09. The Hall–Kier alpha value is -2.85. The fourth-order valence-corrected chi connectivity index (χ4v) is 2.67. The lowest BCUT2D eigenvalue weighted by Gasteiger charge is -2.05. The molecular formula is C20H20N2O2. The third-order valence-corrected chi connectivity index (χ3v) is 3.85. The van der Waals surface area contributed by atoms with Gasteiger partial charge in [0.2, 0.25) is 0 Å². The second-order valence-electron chi connectivity index (χ2n) is 5.61. The van der Waals surface area contributed by atoms with Crippen molar-refractivity contribution in [3.8, 4) is 0 Å². The van der Waals surface area contributed by atoms with Gasteiger partial charge < -0.3 is 5.11 Å². The van der Waals surface area contributed by atoms with Crippen molar-refractivity contribution in [3.63, 3.8) is 0 Å². The summed E-state index contributed by atoms with van der Waals surface area (Å²) < 4.78 is 3.43. The van der Waals surface area contributed by atoms with Gasteiger partial charge in [-0.1, -0.05) is 66.7 Å². The van der Waals surface area contributed by atoms with Crippen LogP contribution in [0.15, 0.2) is 77.7 Å². The largest absolute Gasteiger partial charge is 0.392 e. The molecule has 4 nitrogen and oxygen atoms in total. The number of hydrogen-bond donors (Lipinski definition) is 1. The molecule has 2 aromatic carbocycles. The van der Waals surface area contributed by atoms with Crippen LogP contribution in [0.1, 0.15) is 16.8 Å². The van der Waals surface area contributed by atoms with Crippen molar-refractivity contribution < 1.29 is 5.11 Å². The number of hydrogen-bond acceptors (Lipinski definition) is 2. The van der Waals surface area contributed by atoms with E-state index in [1.165, 1.54) is 0 Å². The van der Waals surface area contributed by atoms with Crippen molar-refractivity contribution >= 4 is 6.08 Å². The van der Waals surface area contributed by atoms with Crippen LogP contribution in [0, 0.1) is 0 Å². The Morgan fingerprint density at radius 1 is 0.875 bits per heavy atom. The second kappa shape index (κ2) is 7.62. The Kier molecular flexibility index (Phi) is 5.08. The molecule has 0 aliphatic heterocycles. The van der Waals surface area contributed by atoms with E-state index < -0.39 is 0 Å². The molecule has 0 saturated heterocycles. The van der Waals surface area contributed by atoms with Crippen molar-refractivity contribution in [2.45, 2.75) is 13.1 Å². The van der Waals surface area contributed by atoms with Gasteiger partial charge in [0.05, 0.1) is 25.4 Å². The first kappa shape index (κ1) is 16.0. The molecule has 0 atom stereocenters. The summed E-state index contributed by atoms with van der Waals surface area (Å²) in [5, 5.41) is 9.04. The number of aliphatic hydroxyl groups is 1. The van der Waals surface area contributed by atoms with E-state index in [0.717, 1.165) is 16.8 Å². The van der Waals surface area contributed by atoms with Crippen LogP contribution in [-0.4, -0.2) is 20.8 Å². The van der Waals surface area contributed by atoms with E-state index in [2.05, 4.69) is 0 Å². The Morgan fingerprint density at radius 2 is 1.46 bits per heavy atom. The SMILES string of the molecule is O=c1n(Cc2ccccc2)cc(/C=C/CO)n1Cc1ccccc1. The average molecular weight is 320 g/mol. The lowest BCUT2D eigenvalue weighted by atomic mass is 10.2. The zero-order valence-corrected chi connectivity index (χ0v) is 13.4. The first-order valence-electron chi connectivity index (χ1n) is 7.93. The van der Waals surface area contributed by atoms with E-state index in [9.17, 15) is 4.79 Å². The zero-order chi connectivity index (χ0) is 16.8. The van der Waals surface area contributed by atoms with E-state index in [-0.39, 0.29) is 12.3 Å². The molecule has 0 bridgehead atoms. The fraction of sp³-hybridized carbons (Fsp3) is 0.150. The number of aliphatic hydroxyl groups excluding tert-OH is 1. The van der Waals surface area contributed by atoms with Crippen LogP contribution in [0.2, 0.25) is 0 Å². The molecule has 0 unspecified atom stereocenters. The molecule has 4 heteroatoms. The van der Waals surface area contributed by atoms with Crippen molar-refractivity contribution in [1.82, 2.24) is 9.13 Å². The quantitative estimate of drug-likeness (QED) is 0.759. The summed E-state index contributed by atoms with van der Waals surface area (Å²) >= 11 is 0. The third-order valence-electron chi connectivity index (χ3n) is 3.85. The Labute approximate surface area is 140 Å². The van der Waals surface area contributed by atoms with Crippen LogP contribution in [0.25, 0.3) is 6.08 Å². The minimum absolute atomic E-state index is 0.0522. The summed E-state index contributed by atoms with van der Waals surface area (Å²) in [6, 6.07) is 19.8. The minimum Gasteiger partial charge on any atom is -0.392 e. The number of rotatable bonds is 6. The molecule has 1 heterocycles. The normalized spacial score (nSPS) is 11.2. The molecule has 24 heavy (non-hydrogen) atoms. The monoisotopic (exact) mass is 320 g/mol. The van der Waals surface area contributed by atoms with E-state index >= 15 is 0 Å². The minimum atomic E-state index is -0.0553. The number of imidazole rings is 1. The van der Waals surface area contributed by atoms with Crippen LogP contribution < -0.4 is 5.69 Å². The summed E-state index contributed by atoms with van der Waals surface area (Å²) in [6.45, 7) is 0.984. The Balaban J connectivity index is 1.96. The lowest BCUT2D eigenvalue weighted by Crippen LogP contribution is -2.25. The molecule has 3 aromatic rings. The Morgan fingerprint density at radius 3 is 2.04 bits per heavy atom. The number of aromatic nitrogens is 2. The van der Waals surface area contributed by atoms with Gasteiger partial charge in [-0.3, -0.25) is 9.13 Å².